The molecule has 0 aliphatic heterocycles. The molecule has 0 heterocycles. The summed E-state index contributed by atoms with van der Waals surface area (Å²) in [6, 6.07) is 18.3. The van der Waals surface area contributed by atoms with Gasteiger partial charge >= 0.3 is 0 Å². The topological polar surface area (TPSA) is 71.3 Å². The number of rotatable bonds is 8. The zero-order valence-electron chi connectivity index (χ0n) is 17.6. The Hall–Kier alpha value is -3.34. The number of nitrogens with zero attached hydrogens (tertiary/aromatic N) is 1. The second-order valence-corrected chi connectivity index (χ2v) is 8.08. The van der Waals surface area contributed by atoms with Crippen molar-refractivity contribution >= 4 is 45.2 Å². The van der Waals surface area contributed by atoms with Crippen LogP contribution in [0, 0.1) is 17.1 Å². The summed E-state index contributed by atoms with van der Waals surface area (Å²) in [4.78, 5) is 12.5. The van der Waals surface area contributed by atoms with Gasteiger partial charge in [-0.05, 0) is 76.5 Å². The molecule has 3 aromatic carbocycles. The van der Waals surface area contributed by atoms with Crippen LogP contribution >= 0.6 is 27.5 Å². The van der Waals surface area contributed by atoms with Gasteiger partial charge in [0.05, 0.1) is 16.8 Å². The van der Waals surface area contributed by atoms with Gasteiger partial charge in [-0.2, -0.15) is 5.26 Å². The molecule has 5 nitrogen and oxygen atoms in total. The molecule has 0 saturated carbocycles. The van der Waals surface area contributed by atoms with Crippen LogP contribution in [0.4, 0.5) is 10.1 Å². The Kier molecular flexibility index (Phi) is 8.47. The molecule has 168 valence electrons. The number of carbonyl (C=O) groups is 1. The van der Waals surface area contributed by atoms with Gasteiger partial charge in [0.15, 0.2) is 11.5 Å². The first kappa shape index (κ1) is 24.3. The Bertz CT molecular complexity index is 1240. The quantitative estimate of drug-likeness (QED) is 0.258. The first-order chi connectivity index (χ1) is 15.9. The highest BCUT2D eigenvalue weighted by molar-refractivity contribution is 9.10. The van der Waals surface area contributed by atoms with E-state index in [9.17, 15) is 14.4 Å². The van der Waals surface area contributed by atoms with Crippen molar-refractivity contribution in [2.24, 2.45) is 0 Å². The zero-order valence-corrected chi connectivity index (χ0v) is 19.9. The van der Waals surface area contributed by atoms with Crippen LogP contribution in [-0.4, -0.2) is 12.5 Å². The summed E-state index contributed by atoms with van der Waals surface area (Å²) in [5, 5.41) is 12.5. The van der Waals surface area contributed by atoms with Gasteiger partial charge in [-0.25, -0.2) is 4.39 Å². The number of benzene rings is 3. The Balaban J connectivity index is 1.86. The molecule has 0 bridgehead atoms. The number of carbonyl (C=O) groups excluding carboxylic acids is 1. The number of nitrogens with one attached hydrogen (secondary N) is 1. The van der Waals surface area contributed by atoms with Crippen molar-refractivity contribution in [2.45, 2.75) is 13.5 Å². The third-order valence-corrected chi connectivity index (χ3v) is 5.23. The van der Waals surface area contributed by atoms with Crippen molar-refractivity contribution < 1.29 is 18.7 Å². The molecule has 0 spiro atoms. The summed E-state index contributed by atoms with van der Waals surface area (Å²) in [6.45, 7) is 2.48. The van der Waals surface area contributed by atoms with Gasteiger partial charge in [0.1, 0.15) is 24.1 Å². The maximum Gasteiger partial charge on any atom is 0.266 e. The second-order valence-electron chi connectivity index (χ2n) is 6.79. The molecule has 8 heteroatoms. The lowest BCUT2D eigenvalue weighted by atomic mass is 10.1. The number of amides is 1. The van der Waals surface area contributed by atoms with Crippen molar-refractivity contribution in [1.82, 2.24) is 0 Å². The van der Waals surface area contributed by atoms with E-state index in [1.165, 1.54) is 24.3 Å². The average Bonchev–Trinajstić information content (AvgIpc) is 2.78. The molecule has 0 saturated heterocycles. The fourth-order valence-corrected chi connectivity index (χ4v) is 3.71. The smallest absolute Gasteiger partial charge is 0.266 e. The molecule has 0 aliphatic rings. The van der Waals surface area contributed by atoms with Crippen LogP contribution in [0.25, 0.3) is 6.08 Å². The number of anilines is 1. The molecular weight excluding hydrogens is 511 g/mol. The maximum absolute atomic E-state index is 13.8. The van der Waals surface area contributed by atoms with Crippen molar-refractivity contribution in [3.8, 4) is 17.6 Å². The normalized spacial score (nSPS) is 10.9. The summed E-state index contributed by atoms with van der Waals surface area (Å²) in [7, 11) is 0. The number of hydrogen-bond acceptors (Lipinski definition) is 4. The van der Waals surface area contributed by atoms with Gasteiger partial charge in [-0.3, -0.25) is 4.79 Å². The summed E-state index contributed by atoms with van der Waals surface area (Å²) in [6.07, 6.45) is 1.39. The lowest BCUT2D eigenvalue weighted by Crippen LogP contribution is -2.14. The summed E-state index contributed by atoms with van der Waals surface area (Å²) < 4.78 is 26.1. The predicted octanol–water partition coefficient (Wildman–Crippen LogP) is 6.76. The zero-order chi connectivity index (χ0) is 23.8. The molecule has 0 fully saturated rings. The Morgan fingerprint density at radius 3 is 2.67 bits per heavy atom. The Morgan fingerprint density at radius 1 is 1.18 bits per heavy atom. The molecule has 33 heavy (non-hydrogen) atoms. The van der Waals surface area contributed by atoms with Crippen molar-refractivity contribution in [3.63, 3.8) is 0 Å². The van der Waals surface area contributed by atoms with Crippen LogP contribution in [0.15, 0.2) is 70.7 Å². The Labute approximate surface area is 204 Å². The number of hydrogen-bond donors (Lipinski definition) is 1. The Morgan fingerprint density at radius 2 is 1.97 bits per heavy atom. The van der Waals surface area contributed by atoms with E-state index in [0.717, 1.165) is 5.56 Å². The average molecular weight is 530 g/mol. The van der Waals surface area contributed by atoms with Crippen molar-refractivity contribution in [2.75, 3.05) is 11.9 Å². The van der Waals surface area contributed by atoms with Crippen LogP contribution in [0.3, 0.4) is 0 Å². The minimum Gasteiger partial charge on any atom is -0.490 e. The van der Waals surface area contributed by atoms with Gasteiger partial charge in [-0.15, -0.1) is 0 Å². The van der Waals surface area contributed by atoms with Gasteiger partial charge in [-0.1, -0.05) is 35.9 Å². The van der Waals surface area contributed by atoms with Crippen LogP contribution in [0.1, 0.15) is 18.1 Å². The summed E-state index contributed by atoms with van der Waals surface area (Å²) >= 11 is 9.51. The fraction of sp³-hybridized carbons (Fsp3) is 0.120. The van der Waals surface area contributed by atoms with Crippen LogP contribution < -0.4 is 14.8 Å². The molecule has 0 atom stereocenters. The molecule has 3 rings (SSSR count). The standard InChI is InChI=1S/C25H19BrClFN2O3/c1-2-32-23-13-17(10-18(14-29)25(31)30-22-9-4-3-8-21(22)28)12-20(26)24(23)33-15-16-6-5-7-19(27)11-16/h3-13H,2,15H2,1H3,(H,30,31)/b18-10+. The van der Waals surface area contributed by atoms with E-state index < -0.39 is 11.7 Å². The molecule has 3 aromatic rings. The maximum atomic E-state index is 13.8. The van der Waals surface area contributed by atoms with Crippen molar-refractivity contribution in [3.05, 3.63) is 92.7 Å². The predicted molar refractivity (Wildman–Crippen MR) is 130 cm³/mol. The van der Waals surface area contributed by atoms with E-state index in [1.54, 1.807) is 30.3 Å². The molecule has 1 amide bonds. The number of ether oxygens (including phenoxy) is 2. The monoisotopic (exact) mass is 528 g/mol. The lowest BCUT2D eigenvalue weighted by Gasteiger charge is -2.15. The van der Waals surface area contributed by atoms with Crippen LogP contribution in [0.5, 0.6) is 11.5 Å². The van der Waals surface area contributed by atoms with Gasteiger partial charge in [0.25, 0.3) is 5.91 Å². The van der Waals surface area contributed by atoms with E-state index in [1.807, 2.05) is 25.1 Å². The molecule has 1 N–H and O–H groups in total. The van der Waals surface area contributed by atoms with E-state index in [0.29, 0.717) is 33.2 Å². The number of para-hydroxylation sites is 1. The summed E-state index contributed by atoms with van der Waals surface area (Å²) in [5.74, 6) is -0.404. The molecule has 0 aromatic heterocycles. The first-order valence-electron chi connectivity index (χ1n) is 9.92. The van der Waals surface area contributed by atoms with Crippen LogP contribution in [0.2, 0.25) is 5.02 Å². The van der Waals surface area contributed by atoms with E-state index in [4.69, 9.17) is 21.1 Å². The number of nitriles is 1. The number of halogens is 3. The van der Waals surface area contributed by atoms with Gasteiger partial charge < -0.3 is 14.8 Å². The highest BCUT2D eigenvalue weighted by Gasteiger charge is 2.15. The minimum absolute atomic E-state index is 0.00963. The largest absolute Gasteiger partial charge is 0.490 e. The minimum atomic E-state index is -0.724. The van der Waals surface area contributed by atoms with Crippen molar-refractivity contribution in [1.29, 1.82) is 5.26 Å². The van der Waals surface area contributed by atoms with Gasteiger partial charge in [0, 0.05) is 5.02 Å². The second kappa shape index (κ2) is 11.5. The van der Waals surface area contributed by atoms with E-state index in [2.05, 4.69) is 21.2 Å². The molecular formula is C25H19BrClFN2O3. The third-order valence-electron chi connectivity index (χ3n) is 4.40. The third kappa shape index (κ3) is 6.58. The summed E-state index contributed by atoms with van der Waals surface area (Å²) in [5.41, 5.74) is 1.21. The highest BCUT2D eigenvalue weighted by atomic mass is 79.9. The fourth-order valence-electron chi connectivity index (χ4n) is 2.92. The van der Waals surface area contributed by atoms with Crippen LogP contribution in [-0.2, 0) is 11.4 Å². The van der Waals surface area contributed by atoms with E-state index in [-0.39, 0.29) is 17.9 Å². The molecule has 0 aliphatic carbocycles. The molecule has 0 unspecified atom stereocenters. The first-order valence-corrected chi connectivity index (χ1v) is 11.1. The van der Waals surface area contributed by atoms with Gasteiger partial charge in [0.2, 0.25) is 0 Å². The lowest BCUT2D eigenvalue weighted by molar-refractivity contribution is -0.112. The molecule has 0 radical (unpaired) electrons. The van der Waals surface area contributed by atoms with E-state index >= 15 is 0 Å². The SMILES string of the molecule is CCOc1cc(/C=C(\C#N)C(=O)Nc2ccccc2F)cc(Br)c1OCc1cccc(Cl)c1. The highest BCUT2D eigenvalue weighted by Crippen LogP contribution is 2.38.